The SMILES string of the molecule is CC(CCN(C)C)NC1CCCCCCC1. The van der Waals surface area contributed by atoms with E-state index in [0.717, 1.165) is 6.04 Å². The zero-order chi connectivity index (χ0) is 11.8. The van der Waals surface area contributed by atoms with Gasteiger partial charge in [0.05, 0.1) is 0 Å². The molecular formula is C14H30N2. The van der Waals surface area contributed by atoms with E-state index in [-0.39, 0.29) is 0 Å². The molecule has 0 aromatic heterocycles. The van der Waals surface area contributed by atoms with E-state index in [1.807, 2.05) is 0 Å². The molecule has 16 heavy (non-hydrogen) atoms. The van der Waals surface area contributed by atoms with Crippen LogP contribution in [-0.4, -0.2) is 37.6 Å². The zero-order valence-electron chi connectivity index (χ0n) is 11.5. The van der Waals surface area contributed by atoms with Crippen LogP contribution in [-0.2, 0) is 0 Å². The Morgan fingerprint density at radius 2 is 1.62 bits per heavy atom. The maximum Gasteiger partial charge on any atom is 0.00695 e. The van der Waals surface area contributed by atoms with Crippen LogP contribution in [0.15, 0.2) is 0 Å². The number of rotatable bonds is 5. The molecule has 0 radical (unpaired) electrons. The smallest absolute Gasteiger partial charge is 0.00695 e. The van der Waals surface area contributed by atoms with Crippen molar-refractivity contribution < 1.29 is 0 Å². The van der Waals surface area contributed by atoms with E-state index in [0.29, 0.717) is 6.04 Å². The zero-order valence-corrected chi connectivity index (χ0v) is 11.5. The third-order valence-corrected chi connectivity index (χ3v) is 3.63. The summed E-state index contributed by atoms with van der Waals surface area (Å²) in [6.45, 7) is 3.53. The quantitative estimate of drug-likeness (QED) is 0.775. The highest BCUT2D eigenvalue weighted by molar-refractivity contribution is 4.74. The highest BCUT2D eigenvalue weighted by Crippen LogP contribution is 2.17. The minimum absolute atomic E-state index is 0.673. The summed E-state index contributed by atoms with van der Waals surface area (Å²) in [6, 6.07) is 1.46. The van der Waals surface area contributed by atoms with Crippen LogP contribution in [0.4, 0.5) is 0 Å². The standard InChI is InChI=1S/C14H30N2/c1-13(11-12-16(2)3)15-14-9-7-5-4-6-8-10-14/h13-15H,4-12H2,1-3H3. The second-order valence-corrected chi connectivity index (χ2v) is 5.70. The molecule has 1 N–H and O–H groups in total. The summed E-state index contributed by atoms with van der Waals surface area (Å²) in [6.07, 6.45) is 11.3. The predicted molar refractivity (Wildman–Crippen MR) is 71.9 cm³/mol. The third kappa shape index (κ3) is 6.49. The van der Waals surface area contributed by atoms with Gasteiger partial charge in [-0.1, -0.05) is 32.1 Å². The van der Waals surface area contributed by atoms with Crippen molar-refractivity contribution in [1.82, 2.24) is 10.2 Å². The number of nitrogens with one attached hydrogen (secondary N) is 1. The van der Waals surface area contributed by atoms with Gasteiger partial charge in [0.25, 0.3) is 0 Å². The second-order valence-electron chi connectivity index (χ2n) is 5.70. The molecule has 0 amide bonds. The molecule has 2 nitrogen and oxygen atoms in total. The fourth-order valence-corrected chi connectivity index (χ4v) is 2.56. The lowest BCUT2D eigenvalue weighted by Gasteiger charge is -2.25. The van der Waals surface area contributed by atoms with Crippen LogP contribution in [0.25, 0.3) is 0 Å². The minimum Gasteiger partial charge on any atom is -0.311 e. The number of hydrogen-bond donors (Lipinski definition) is 1. The van der Waals surface area contributed by atoms with Crippen LogP contribution < -0.4 is 5.32 Å². The molecule has 1 aliphatic carbocycles. The Balaban J connectivity index is 2.17. The Kier molecular flexibility index (Phi) is 7.06. The number of hydrogen-bond acceptors (Lipinski definition) is 2. The molecule has 0 aliphatic heterocycles. The summed E-state index contributed by atoms with van der Waals surface area (Å²) >= 11 is 0. The normalized spacial score (nSPS) is 21.8. The van der Waals surface area contributed by atoms with Crippen molar-refractivity contribution in [3.8, 4) is 0 Å². The van der Waals surface area contributed by atoms with Crippen molar-refractivity contribution in [2.24, 2.45) is 0 Å². The van der Waals surface area contributed by atoms with Crippen LogP contribution in [0.3, 0.4) is 0 Å². The molecule has 0 spiro atoms. The average molecular weight is 226 g/mol. The van der Waals surface area contributed by atoms with E-state index >= 15 is 0 Å². The van der Waals surface area contributed by atoms with Gasteiger partial charge in [-0.05, 0) is 46.8 Å². The molecule has 1 rings (SSSR count). The lowest BCUT2D eigenvalue weighted by molar-refractivity contribution is 0.320. The number of nitrogens with zero attached hydrogens (tertiary/aromatic N) is 1. The molecule has 0 aromatic carbocycles. The van der Waals surface area contributed by atoms with Gasteiger partial charge >= 0.3 is 0 Å². The fraction of sp³-hybridized carbons (Fsp3) is 1.00. The maximum atomic E-state index is 3.82. The summed E-state index contributed by atoms with van der Waals surface area (Å²) in [5.74, 6) is 0. The van der Waals surface area contributed by atoms with Crippen molar-refractivity contribution in [3.63, 3.8) is 0 Å². The van der Waals surface area contributed by atoms with Crippen LogP contribution in [0, 0.1) is 0 Å². The van der Waals surface area contributed by atoms with Gasteiger partial charge in [-0.15, -0.1) is 0 Å². The fourth-order valence-electron chi connectivity index (χ4n) is 2.56. The summed E-state index contributed by atoms with van der Waals surface area (Å²) in [5.41, 5.74) is 0. The molecule has 2 heteroatoms. The third-order valence-electron chi connectivity index (χ3n) is 3.63. The van der Waals surface area contributed by atoms with Crippen molar-refractivity contribution in [3.05, 3.63) is 0 Å². The molecule has 1 fully saturated rings. The van der Waals surface area contributed by atoms with Gasteiger partial charge in [-0.2, -0.15) is 0 Å². The maximum absolute atomic E-state index is 3.82. The molecule has 0 saturated heterocycles. The van der Waals surface area contributed by atoms with Gasteiger partial charge in [0.15, 0.2) is 0 Å². The first kappa shape index (κ1) is 14.0. The van der Waals surface area contributed by atoms with Gasteiger partial charge in [0.1, 0.15) is 0 Å². The molecule has 1 unspecified atom stereocenters. The van der Waals surface area contributed by atoms with Crippen LogP contribution in [0.1, 0.15) is 58.3 Å². The highest BCUT2D eigenvalue weighted by Gasteiger charge is 2.13. The van der Waals surface area contributed by atoms with E-state index in [1.165, 1.54) is 57.9 Å². The molecule has 96 valence electrons. The van der Waals surface area contributed by atoms with Gasteiger partial charge in [0.2, 0.25) is 0 Å². The first-order valence-corrected chi connectivity index (χ1v) is 7.09. The molecule has 1 atom stereocenters. The van der Waals surface area contributed by atoms with E-state index in [2.05, 4.69) is 31.2 Å². The lowest BCUT2D eigenvalue weighted by atomic mass is 9.96. The van der Waals surface area contributed by atoms with Gasteiger partial charge in [-0.3, -0.25) is 0 Å². The molecule has 0 aromatic rings. The molecule has 1 aliphatic rings. The van der Waals surface area contributed by atoms with Crippen LogP contribution >= 0.6 is 0 Å². The van der Waals surface area contributed by atoms with Gasteiger partial charge < -0.3 is 10.2 Å². The Hall–Kier alpha value is -0.0800. The summed E-state index contributed by atoms with van der Waals surface area (Å²) in [5, 5.41) is 3.82. The first-order chi connectivity index (χ1) is 7.68. The Labute approximate surface area is 102 Å². The van der Waals surface area contributed by atoms with Crippen LogP contribution in [0.5, 0.6) is 0 Å². The summed E-state index contributed by atoms with van der Waals surface area (Å²) in [4.78, 5) is 2.27. The molecular weight excluding hydrogens is 196 g/mol. The predicted octanol–water partition coefficient (Wildman–Crippen LogP) is 3.03. The largest absolute Gasteiger partial charge is 0.311 e. The minimum atomic E-state index is 0.673. The molecule has 1 saturated carbocycles. The van der Waals surface area contributed by atoms with E-state index in [9.17, 15) is 0 Å². The lowest BCUT2D eigenvalue weighted by Crippen LogP contribution is -2.38. The average Bonchev–Trinajstić information content (AvgIpc) is 2.19. The van der Waals surface area contributed by atoms with Crippen molar-refractivity contribution in [2.45, 2.75) is 70.4 Å². The van der Waals surface area contributed by atoms with Gasteiger partial charge in [-0.25, -0.2) is 0 Å². The highest BCUT2D eigenvalue weighted by atomic mass is 15.1. The van der Waals surface area contributed by atoms with Crippen molar-refractivity contribution in [2.75, 3.05) is 20.6 Å². The monoisotopic (exact) mass is 226 g/mol. The summed E-state index contributed by atoms with van der Waals surface area (Å²) < 4.78 is 0. The summed E-state index contributed by atoms with van der Waals surface area (Å²) in [7, 11) is 4.31. The van der Waals surface area contributed by atoms with Crippen molar-refractivity contribution >= 4 is 0 Å². The van der Waals surface area contributed by atoms with E-state index < -0.39 is 0 Å². The molecule has 0 bridgehead atoms. The Morgan fingerprint density at radius 3 is 2.19 bits per heavy atom. The van der Waals surface area contributed by atoms with Crippen LogP contribution in [0.2, 0.25) is 0 Å². The Morgan fingerprint density at radius 1 is 1.06 bits per heavy atom. The Bertz CT molecular complexity index is 160. The topological polar surface area (TPSA) is 15.3 Å². The van der Waals surface area contributed by atoms with E-state index in [1.54, 1.807) is 0 Å². The second kappa shape index (κ2) is 8.08. The van der Waals surface area contributed by atoms with Crippen molar-refractivity contribution in [1.29, 1.82) is 0 Å². The first-order valence-electron chi connectivity index (χ1n) is 7.09. The molecule has 0 heterocycles. The van der Waals surface area contributed by atoms with Gasteiger partial charge in [0, 0.05) is 12.1 Å². The van der Waals surface area contributed by atoms with E-state index in [4.69, 9.17) is 0 Å².